The number of hydrogen-bond donors (Lipinski definition) is 1. The lowest BCUT2D eigenvalue weighted by molar-refractivity contribution is -0.154. The van der Waals surface area contributed by atoms with E-state index in [4.69, 9.17) is 4.74 Å². The third kappa shape index (κ3) is 5.30. The number of nitrogens with zero attached hydrogens (tertiary/aromatic N) is 1. The van der Waals surface area contributed by atoms with Crippen molar-refractivity contribution in [1.29, 1.82) is 0 Å². The molecule has 2 atom stereocenters. The molecule has 1 fully saturated rings. The van der Waals surface area contributed by atoms with Gasteiger partial charge in [0, 0.05) is 12.5 Å². The topological polar surface area (TPSA) is 49.8 Å². The fraction of sp³-hybridized carbons (Fsp3) is 0.929. The molecule has 0 heterocycles. The molecule has 22 heavy (non-hydrogen) atoms. The highest BCUT2D eigenvalue weighted by atomic mass is 19.3. The fourth-order valence-electron chi connectivity index (χ4n) is 2.04. The van der Waals surface area contributed by atoms with Gasteiger partial charge in [0.15, 0.2) is 0 Å². The van der Waals surface area contributed by atoms with E-state index < -0.39 is 42.6 Å². The van der Waals surface area contributed by atoms with Crippen LogP contribution in [0, 0.1) is 0 Å². The molecule has 0 aromatic heterocycles. The van der Waals surface area contributed by atoms with Crippen LogP contribution in [-0.4, -0.2) is 52.2 Å². The number of halogens is 4. The summed E-state index contributed by atoms with van der Waals surface area (Å²) in [6.45, 7) is 6.32. The van der Waals surface area contributed by atoms with Crippen molar-refractivity contribution in [2.45, 2.75) is 83.1 Å². The molecule has 2 unspecified atom stereocenters. The van der Waals surface area contributed by atoms with Gasteiger partial charge in [0.05, 0.1) is 12.1 Å². The van der Waals surface area contributed by atoms with Gasteiger partial charge in [-0.25, -0.2) is 22.4 Å². The molecule has 1 saturated carbocycles. The molecule has 130 valence electrons. The molecule has 0 bridgehead atoms. The third-order valence-corrected chi connectivity index (χ3v) is 3.34. The lowest BCUT2D eigenvalue weighted by atomic mass is 10.0. The molecule has 1 amide bonds. The molecular formula is C14H23F4NO3. The second-order valence-corrected chi connectivity index (χ2v) is 6.69. The van der Waals surface area contributed by atoms with Crippen molar-refractivity contribution in [1.82, 2.24) is 4.90 Å². The SMILES string of the molecule is CC(C(O)CC(F)(F)C(F)F)N(C(=O)OC(C)(C)C)C1CC1. The second kappa shape index (κ2) is 6.60. The maximum Gasteiger partial charge on any atom is 0.410 e. The minimum atomic E-state index is -4.29. The highest BCUT2D eigenvalue weighted by Gasteiger charge is 2.46. The highest BCUT2D eigenvalue weighted by molar-refractivity contribution is 5.69. The van der Waals surface area contributed by atoms with E-state index in [2.05, 4.69) is 0 Å². The number of aliphatic hydroxyl groups is 1. The van der Waals surface area contributed by atoms with Gasteiger partial charge in [0.2, 0.25) is 0 Å². The molecule has 1 rings (SSSR count). The Bertz CT molecular complexity index is 394. The summed E-state index contributed by atoms with van der Waals surface area (Å²) in [6, 6.07) is -1.24. The van der Waals surface area contributed by atoms with Gasteiger partial charge in [-0.15, -0.1) is 0 Å². The molecule has 0 aromatic carbocycles. The third-order valence-electron chi connectivity index (χ3n) is 3.34. The van der Waals surface area contributed by atoms with Crippen molar-refractivity contribution in [3.8, 4) is 0 Å². The molecule has 1 N–H and O–H groups in total. The van der Waals surface area contributed by atoms with Crippen molar-refractivity contribution in [2.24, 2.45) is 0 Å². The van der Waals surface area contributed by atoms with Crippen molar-refractivity contribution >= 4 is 6.09 Å². The van der Waals surface area contributed by atoms with Crippen molar-refractivity contribution in [3.05, 3.63) is 0 Å². The summed E-state index contributed by atoms with van der Waals surface area (Å²) in [5.41, 5.74) is -0.776. The van der Waals surface area contributed by atoms with Crippen LogP contribution in [0.2, 0.25) is 0 Å². The number of rotatable bonds is 6. The van der Waals surface area contributed by atoms with Gasteiger partial charge < -0.3 is 9.84 Å². The fourth-order valence-corrected chi connectivity index (χ4v) is 2.04. The van der Waals surface area contributed by atoms with Gasteiger partial charge in [-0.1, -0.05) is 0 Å². The summed E-state index contributed by atoms with van der Waals surface area (Å²) < 4.78 is 55.8. The molecule has 1 aliphatic carbocycles. The van der Waals surface area contributed by atoms with Crippen LogP contribution in [0.15, 0.2) is 0 Å². The molecule has 8 heteroatoms. The summed E-state index contributed by atoms with van der Waals surface area (Å²) in [5.74, 6) is -4.29. The van der Waals surface area contributed by atoms with Gasteiger partial charge in [0.1, 0.15) is 5.60 Å². The Kier molecular flexibility index (Phi) is 5.70. The first-order valence-corrected chi connectivity index (χ1v) is 7.20. The number of carbonyl (C=O) groups excluding carboxylic acids is 1. The van der Waals surface area contributed by atoms with Gasteiger partial charge >= 0.3 is 18.4 Å². The van der Waals surface area contributed by atoms with Crippen molar-refractivity contribution in [3.63, 3.8) is 0 Å². The van der Waals surface area contributed by atoms with Crippen LogP contribution in [0.3, 0.4) is 0 Å². The number of carbonyl (C=O) groups is 1. The molecule has 0 aromatic rings. The van der Waals surface area contributed by atoms with Crippen molar-refractivity contribution in [2.75, 3.05) is 0 Å². The molecule has 0 saturated heterocycles. The Balaban J connectivity index is 2.77. The summed E-state index contributed by atoms with van der Waals surface area (Å²) in [7, 11) is 0. The van der Waals surface area contributed by atoms with Crippen LogP contribution < -0.4 is 0 Å². The number of amides is 1. The van der Waals surface area contributed by atoms with E-state index in [1.54, 1.807) is 20.8 Å². The van der Waals surface area contributed by atoms with E-state index in [1.807, 2.05) is 0 Å². The monoisotopic (exact) mass is 329 g/mol. The zero-order valence-electron chi connectivity index (χ0n) is 13.2. The standard InChI is InChI=1S/C14H23F4NO3/c1-8(10(20)7-14(17,18)11(15)16)19(9-5-6-9)12(21)22-13(2,3)4/h8-11,20H,5-7H2,1-4H3. The first-order valence-electron chi connectivity index (χ1n) is 7.20. The quantitative estimate of drug-likeness (QED) is 0.760. The van der Waals surface area contributed by atoms with E-state index in [1.165, 1.54) is 11.8 Å². The normalized spacial score (nSPS) is 19.0. The molecule has 0 aliphatic heterocycles. The summed E-state index contributed by atoms with van der Waals surface area (Å²) in [4.78, 5) is 13.3. The second-order valence-electron chi connectivity index (χ2n) is 6.69. The predicted octanol–water partition coefficient (Wildman–Crippen LogP) is 3.43. The minimum Gasteiger partial charge on any atom is -0.444 e. The van der Waals surface area contributed by atoms with E-state index in [-0.39, 0.29) is 6.04 Å². The Morgan fingerprint density at radius 3 is 2.18 bits per heavy atom. The first kappa shape index (κ1) is 19.0. The number of alkyl halides is 4. The van der Waals surface area contributed by atoms with Crippen molar-refractivity contribution < 1.29 is 32.2 Å². The van der Waals surface area contributed by atoms with Crippen LogP contribution in [-0.2, 0) is 4.74 Å². The smallest absolute Gasteiger partial charge is 0.410 e. The van der Waals surface area contributed by atoms with E-state index in [0.717, 1.165) is 0 Å². The Labute approximate surface area is 127 Å². The van der Waals surface area contributed by atoms with Crippen LogP contribution in [0.5, 0.6) is 0 Å². The summed E-state index contributed by atoms with van der Waals surface area (Å²) >= 11 is 0. The minimum absolute atomic E-state index is 0.209. The Hall–Kier alpha value is -1.05. The summed E-state index contributed by atoms with van der Waals surface area (Å²) in [5, 5.41) is 9.83. The van der Waals surface area contributed by atoms with Crippen LogP contribution in [0.25, 0.3) is 0 Å². The van der Waals surface area contributed by atoms with Gasteiger partial charge in [-0.2, -0.15) is 0 Å². The first-order chi connectivity index (χ1) is 9.85. The van der Waals surface area contributed by atoms with Crippen LogP contribution in [0.1, 0.15) is 47.0 Å². The maximum atomic E-state index is 13.1. The number of aliphatic hydroxyl groups excluding tert-OH is 1. The lowest BCUT2D eigenvalue weighted by Gasteiger charge is -2.35. The molecule has 0 spiro atoms. The zero-order chi connectivity index (χ0) is 17.3. The molecule has 1 aliphatic rings. The highest BCUT2D eigenvalue weighted by Crippen LogP contribution is 2.34. The van der Waals surface area contributed by atoms with Gasteiger partial charge in [-0.05, 0) is 40.5 Å². The predicted molar refractivity (Wildman–Crippen MR) is 72.1 cm³/mol. The van der Waals surface area contributed by atoms with E-state index in [9.17, 15) is 27.5 Å². The maximum absolute atomic E-state index is 13.1. The van der Waals surface area contributed by atoms with E-state index >= 15 is 0 Å². The molecule has 0 radical (unpaired) electrons. The van der Waals surface area contributed by atoms with Crippen LogP contribution >= 0.6 is 0 Å². The molecule has 4 nitrogen and oxygen atoms in total. The lowest BCUT2D eigenvalue weighted by Crippen LogP contribution is -2.50. The molecular weight excluding hydrogens is 306 g/mol. The van der Waals surface area contributed by atoms with Gasteiger partial charge in [-0.3, -0.25) is 4.90 Å². The van der Waals surface area contributed by atoms with E-state index in [0.29, 0.717) is 12.8 Å². The largest absolute Gasteiger partial charge is 0.444 e. The number of hydrogen-bond acceptors (Lipinski definition) is 3. The average Bonchev–Trinajstić information content (AvgIpc) is 3.10. The Morgan fingerprint density at radius 2 is 1.82 bits per heavy atom. The Morgan fingerprint density at radius 1 is 1.32 bits per heavy atom. The average molecular weight is 329 g/mol. The number of ether oxygens (including phenoxy) is 1. The zero-order valence-corrected chi connectivity index (χ0v) is 13.2. The van der Waals surface area contributed by atoms with Crippen LogP contribution in [0.4, 0.5) is 22.4 Å². The van der Waals surface area contributed by atoms with Gasteiger partial charge in [0.25, 0.3) is 0 Å². The summed E-state index contributed by atoms with van der Waals surface area (Å²) in [6.07, 6.45) is -6.43.